The molecule has 1 rings (SSSR count). The number of carboxylic acids is 1. The van der Waals surface area contributed by atoms with Crippen LogP contribution in [0, 0.1) is 6.92 Å². The summed E-state index contributed by atoms with van der Waals surface area (Å²) in [6, 6.07) is 3.91. The van der Waals surface area contributed by atoms with E-state index in [-0.39, 0.29) is 16.5 Å². The summed E-state index contributed by atoms with van der Waals surface area (Å²) in [4.78, 5) is 10.9. The molecule has 1 atom stereocenters. The van der Waals surface area contributed by atoms with Crippen molar-refractivity contribution >= 4 is 16.0 Å². The van der Waals surface area contributed by atoms with Crippen LogP contribution >= 0.6 is 0 Å². The molecule has 0 aliphatic carbocycles. The molecule has 5 nitrogen and oxygen atoms in total. The van der Waals surface area contributed by atoms with Gasteiger partial charge >= 0.3 is 5.97 Å². The molecule has 0 heterocycles. The number of benzene rings is 1. The second kappa shape index (κ2) is 6.16. The van der Waals surface area contributed by atoms with E-state index in [4.69, 9.17) is 5.11 Å². The van der Waals surface area contributed by atoms with Crippen LogP contribution < -0.4 is 4.72 Å². The van der Waals surface area contributed by atoms with Crippen LogP contribution in [0.15, 0.2) is 23.1 Å². The smallest absolute Gasteiger partial charge is 0.335 e. The van der Waals surface area contributed by atoms with Gasteiger partial charge in [0.1, 0.15) is 0 Å². The third-order valence-electron chi connectivity index (χ3n) is 2.80. The van der Waals surface area contributed by atoms with Crippen LogP contribution in [0.2, 0.25) is 0 Å². The molecule has 0 aromatic heterocycles. The molecule has 0 amide bonds. The maximum absolute atomic E-state index is 12.2. The average molecular weight is 285 g/mol. The number of hydrogen-bond acceptors (Lipinski definition) is 3. The van der Waals surface area contributed by atoms with Crippen molar-refractivity contribution in [1.82, 2.24) is 4.72 Å². The number of nitrogens with one attached hydrogen (secondary N) is 1. The van der Waals surface area contributed by atoms with Crippen LogP contribution in [0.5, 0.6) is 0 Å². The largest absolute Gasteiger partial charge is 0.478 e. The highest BCUT2D eigenvalue weighted by molar-refractivity contribution is 7.89. The Kier molecular flexibility index (Phi) is 5.08. The Morgan fingerprint density at radius 3 is 2.58 bits per heavy atom. The summed E-state index contributed by atoms with van der Waals surface area (Å²) in [5, 5.41) is 8.92. The van der Waals surface area contributed by atoms with E-state index in [0.29, 0.717) is 5.56 Å². The van der Waals surface area contributed by atoms with Crippen molar-refractivity contribution < 1.29 is 18.3 Å². The molecular weight excluding hydrogens is 266 g/mol. The van der Waals surface area contributed by atoms with Crippen LogP contribution in [0.1, 0.15) is 42.6 Å². The fourth-order valence-electron chi connectivity index (χ4n) is 1.84. The van der Waals surface area contributed by atoms with Gasteiger partial charge in [0.2, 0.25) is 10.0 Å². The number of sulfonamides is 1. The van der Waals surface area contributed by atoms with Gasteiger partial charge in [-0.2, -0.15) is 0 Å². The third-order valence-corrected chi connectivity index (χ3v) is 4.53. The number of carbonyl (C=O) groups is 1. The highest BCUT2D eigenvalue weighted by Gasteiger charge is 2.20. The molecule has 1 unspecified atom stereocenters. The zero-order valence-electron chi connectivity index (χ0n) is 11.3. The van der Waals surface area contributed by atoms with E-state index in [9.17, 15) is 13.2 Å². The standard InChI is InChI=1S/C13H19NO4S/c1-4-5-10(3)14-19(17,18)12-8-11(13(15)16)7-6-9(12)2/h6-8,10,14H,4-5H2,1-3H3,(H,15,16). The van der Waals surface area contributed by atoms with Gasteiger partial charge in [-0.1, -0.05) is 19.4 Å². The summed E-state index contributed by atoms with van der Waals surface area (Å²) in [6.45, 7) is 5.41. The van der Waals surface area contributed by atoms with Gasteiger partial charge in [0.25, 0.3) is 0 Å². The SMILES string of the molecule is CCCC(C)NS(=O)(=O)c1cc(C(=O)O)ccc1C. The molecule has 0 spiro atoms. The third kappa shape index (κ3) is 4.04. The van der Waals surface area contributed by atoms with Crippen LogP contribution in [0.25, 0.3) is 0 Å². The van der Waals surface area contributed by atoms with Gasteiger partial charge in [-0.05, 0) is 38.0 Å². The zero-order chi connectivity index (χ0) is 14.6. The van der Waals surface area contributed by atoms with E-state index in [1.807, 2.05) is 6.92 Å². The van der Waals surface area contributed by atoms with Crippen molar-refractivity contribution in [3.63, 3.8) is 0 Å². The van der Waals surface area contributed by atoms with Crippen LogP contribution in [0.4, 0.5) is 0 Å². The molecule has 0 aliphatic heterocycles. The Labute approximate surface area is 113 Å². The van der Waals surface area contributed by atoms with Crippen molar-refractivity contribution in [2.45, 2.75) is 44.6 Å². The van der Waals surface area contributed by atoms with Crippen molar-refractivity contribution in [2.75, 3.05) is 0 Å². The Balaban J connectivity index is 3.13. The molecule has 19 heavy (non-hydrogen) atoms. The van der Waals surface area contributed by atoms with E-state index in [2.05, 4.69) is 4.72 Å². The molecular formula is C13H19NO4S. The van der Waals surface area contributed by atoms with Gasteiger partial charge < -0.3 is 5.11 Å². The molecule has 0 radical (unpaired) electrons. The first-order valence-corrected chi connectivity index (χ1v) is 7.62. The summed E-state index contributed by atoms with van der Waals surface area (Å²) in [5.41, 5.74) is 0.496. The minimum atomic E-state index is -3.68. The predicted molar refractivity (Wildman–Crippen MR) is 72.8 cm³/mol. The van der Waals surface area contributed by atoms with Crippen molar-refractivity contribution in [3.05, 3.63) is 29.3 Å². The lowest BCUT2D eigenvalue weighted by atomic mass is 10.1. The van der Waals surface area contributed by atoms with Gasteiger partial charge in [-0.25, -0.2) is 17.9 Å². The van der Waals surface area contributed by atoms with Gasteiger partial charge in [-0.3, -0.25) is 0 Å². The normalized spacial score (nSPS) is 13.2. The highest BCUT2D eigenvalue weighted by atomic mass is 32.2. The molecule has 2 N–H and O–H groups in total. The fourth-order valence-corrected chi connectivity index (χ4v) is 3.39. The summed E-state index contributed by atoms with van der Waals surface area (Å²) in [5.74, 6) is -1.14. The van der Waals surface area contributed by atoms with Crippen molar-refractivity contribution in [3.8, 4) is 0 Å². The number of aryl methyl sites for hydroxylation is 1. The Morgan fingerprint density at radius 1 is 1.42 bits per heavy atom. The molecule has 1 aromatic carbocycles. The average Bonchev–Trinajstić information content (AvgIpc) is 2.28. The lowest BCUT2D eigenvalue weighted by Crippen LogP contribution is -2.33. The number of rotatable bonds is 6. The predicted octanol–water partition coefficient (Wildman–Crippen LogP) is 2.16. The minimum absolute atomic E-state index is 0.0235. The van der Waals surface area contributed by atoms with Gasteiger partial charge in [0, 0.05) is 6.04 Å². The van der Waals surface area contributed by atoms with Gasteiger partial charge in [0.05, 0.1) is 10.5 Å². The second-order valence-corrected chi connectivity index (χ2v) is 6.28. The number of hydrogen-bond donors (Lipinski definition) is 2. The lowest BCUT2D eigenvalue weighted by molar-refractivity contribution is 0.0696. The van der Waals surface area contributed by atoms with E-state index in [0.717, 1.165) is 12.8 Å². The van der Waals surface area contributed by atoms with Gasteiger partial charge in [-0.15, -0.1) is 0 Å². The molecule has 0 saturated carbocycles. The topological polar surface area (TPSA) is 83.5 Å². The molecule has 0 bridgehead atoms. The van der Waals surface area contributed by atoms with Crippen molar-refractivity contribution in [1.29, 1.82) is 0 Å². The summed E-state index contributed by atoms with van der Waals surface area (Å²) >= 11 is 0. The van der Waals surface area contributed by atoms with Crippen LogP contribution in [-0.4, -0.2) is 25.5 Å². The summed E-state index contributed by atoms with van der Waals surface area (Å²) in [7, 11) is -3.68. The van der Waals surface area contributed by atoms with Gasteiger partial charge in [0.15, 0.2) is 0 Å². The second-order valence-electron chi connectivity index (χ2n) is 4.60. The van der Waals surface area contributed by atoms with Crippen molar-refractivity contribution in [2.24, 2.45) is 0 Å². The lowest BCUT2D eigenvalue weighted by Gasteiger charge is -2.15. The Bertz CT molecular complexity index is 566. The minimum Gasteiger partial charge on any atom is -0.478 e. The van der Waals surface area contributed by atoms with E-state index >= 15 is 0 Å². The molecule has 0 fully saturated rings. The molecule has 1 aromatic rings. The number of aromatic carboxylic acids is 1. The van der Waals surface area contributed by atoms with E-state index in [1.165, 1.54) is 18.2 Å². The van der Waals surface area contributed by atoms with Crippen LogP contribution in [-0.2, 0) is 10.0 Å². The summed E-state index contributed by atoms with van der Waals surface area (Å²) < 4.78 is 27.0. The first-order chi connectivity index (χ1) is 8.77. The molecule has 0 saturated heterocycles. The monoisotopic (exact) mass is 285 g/mol. The molecule has 0 aliphatic rings. The highest BCUT2D eigenvalue weighted by Crippen LogP contribution is 2.18. The summed E-state index contributed by atoms with van der Waals surface area (Å²) in [6.07, 6.45) is 1.61. The first kappa shape index (κ1) is 15.7. The van der Waals surface area contributed by atoms with E-state index in [1.54, 1.807) is 13.8 Å². The Hall–Kier alpha value is -1.40. The number of carboxylic acid groups (broad SMARTS) is 1. The maximum Gasteiger partial charge on any atom is 0.335 e. The molecule has 6 heteroatoms. The maximum atomic E-state index is 12.2. The van der Waals surface area contributed by atoms with E-state index < -0.39 is 16.0 Å². The Morgan fingerprint density at radius 2 is 2.05 bits per heavy atom. The van der Waals surface area contributed by atoms with Crippen LogP contribution in [0.3, 0.4) is 0 Å². The quantitative estimate of drug-likeness (QED) is 0.839. The zero-order valence-corrected chi connectivity index (χ0v) is 12.1. The molecule has 106 valence electrons. The first-order valence-electron chi connectivity index (χ1n) is 6.14. The fraction of sp³-hybridized carbons (Fsp3) is 0.462.